The number of aryl methyl sites for hydroxylation is 1. The summed E-state index contributed by atoms with van der Waals surface area (Å²) in [5.41, 5.74) is 1.71. The first kappa shape index (κ1) is 21.6. The highest BCUT2D eigenvalue weighted by molar-refractivity contribution is 8.04. The second-order valence-corrected chi connectivity index (χ2v) is 11.7. The third-order valence-corrected chi connectivity index (χ3v) is 8.69. The summed E-state index contributed by atoms with van der Waals surface area (Å²) in [4.78, 5) is 14.1. The second kappa shape index (κ2) is 8.48. The number of carboxylic acid groups (broad SMARTS) is 1. The molecule has 158 valence electrons. The van der Waals surface area contributed by atoms with E-state index in [4.69, 9.17) is 11.6 Å². The van der Waals surface area contributed by atoms with Crippen LogP contribution >= 0.6 is 46.0 Å². The largest absolute Gasteiger partial charge is 0.748 e. The summed E-state index contributed by atoms with van der Waals surface area (Å²) >= 11 is 10.7. The van der Waals surface area contributed by atoms with Crippen molar-refractivity contribution in [3.8, 4) is 0 Å². The van der Waals surface area contributed by atoms with Crippen LogP contribution < -0.4 is 9.47 Å². The van der Waals surface area contributed by atoms with E-state index in [1.807, 2.05) is 28.2 Å². The molecular formula is C18H15ClN2O5S4. The van der Waals surface area contributed by atoms with Gasteiger partial charge < -0.3 is 14.6 Å². The molecule has 0 fully saturated rings. The fourth-order valence-corrected chi connectivity index (χ4v) is 7.14. The van der Waals surface area contributed by atoms with Crippen LogP contribution in [0.3, 0.4) is 0 Å². The zero-order valence-electron chi connectivity index (χ0n) is 15.3. The lowest BCUT2D eigenvalue weighted by molar-refractivity contribution is -0.668. The quantitative estimate of drug-likeness (QED) is 0.387. The number of carbonyl (C=O) groups is 1. The number of hydrogen-bond donors (Lipinski definition) is 1. The number of thiazole rings is 1. The van der Waals surface area contributed by atoms with Crippen LogP contribution in [0, 0.1) is 0 Å². The van der Waals surface area contributed by atoms with Crippen LogP contribution in [0.2, 0.25) is 5.02 Å². The van der Waals surface area contributed by atoms with E-state index in [0.29, 0.717) is 11.6 Å². The van der Waals surface area contributed by atoms with Crippen LogP contribution in [0.25, 0.3) is 15.6 Å². The summed E-state index contributed by atoms with van der Waals surface area (Å²) in [6.45, 7) is 0.167. The summed E-state index contributed by atoms with van der Waals surface area (Å²) in [7, 11) is -4.28. The smallest absolute Gasteiger partial charge is 0.323 e. The van der Waals surface area contributed by atoms with Gasteiger partial charge in [-0.15, -0.1) is 11.3 Å². The van der Waals surface area contributed by atoms with Gasteiger partial charge in [-0.1, -0.05) is 34.7 Å². The summed E-state index contributed by atoms with van der Waals surface area (Å²) in [5.74, 6) is -1.39. The number of aliphatic carboxylic acids is 1. The third kappa shape index (κ3) is 4.66. The van der Waals surface area contributed by atoms with Crippen LogP contribution in [0.15, 0.2) is 39.6 Å². The lowest BCUT2D eigenvalue weighted by Crippen LogP contribution is -2.36. The summed E-state index contributed by atoms with van der Waals surface area (Å²) in [5, 5.41) is 13.5. The number of rotatable bonds is 7. The van der Waals surface area contributed by atoms with E-state index in [-0.39, 0.29) is 13.0 Å². The number of aromatic nitrogens is 1. The van der Waals surface area contributed by atoms with Crippen molar-refractivity contribution in [3.05, 3.63) is 44.7 Å². The Hall–Kier alpha value is -1.63. The fraction of sp³-hybridized carbons (Fsp3) is 0.222. The van der Waals surface area contributed by atoms with Gasteiger partial charge in [-0.05, 0) is 23.6 Å². The maximum atomic E-state index is 11.5. The molecule has 0 unspecified atom stereocenters. The number of halogens is 1. The summed E-state index contributed by atoms with van der Waals surface area (Å²) in [6.07, 6.45) is 2.11. The number of benzene rings is 1. The lowest BCUT2D eigenvalue weighted by Gasteiger charge is -2.17. The minimum atomic E-state index is -4.28. The van der Waals surface area contributed by atoms with Crippen molar-refractivity contribution < 1.29 is 27.4 Å². The van der Waals surface area contributed by atoms with Crippen LogP contribution in [0.5, 0.6) is 0 Å². The molecule has 1 aliphatic rings. The number of anilines is 1. The Balaban J connectivity index is 1.72. The number of nitrogens with zero attached hydrogens (tertiary/aromatic N) is 2. The predicted octanol–water partition coefficient (Wildman–Crippen LogP) is 3.83. The van der Waals surface area contributed by atoms with Crippen molar-refractivity contribution in [1.29, 1.82) is 0 Å². The summed E-state index contributed by atoms with van der Waals surface area (Å²) in [6, 6.07) is 7.32. The standard InChI is InChI=1S/C18H15ClN2O5S4/c19-11-2-3-14-13(8-11)21(10-17(22)23)16(28-14)9-15-20(5-1-7-30(24,25)26)12-4-6-27-18(12)29-15/h2-4,6,8-9H,1,5,7,10H2,(H-,22,23,24,25,26). The van der Waals surface area contributed by atoms with E-state index in [1.165, 1.54) is 11.8 Å². The molecule has 0 bridgehead atoms. The first-order valence-corrected chi connectivity index (χ1v) is 13.2. The van der Waals surface area contributed by atoms with Gasteiger partial charge in [-0.2, -0.15) is 4.57 Å². The zero-order valence-corrected chi connectivity index (χ0v) is 19.3. The maximum absolute atomic E-state index is 11.5. The Morgan fingerprint density at radius 1 is 1.33 bits per heavy atom. The van der Waals surface area contributed by atoms with Crippen LogP contribution in [-0.4, -0.2) is 36.3 Å². The molecule has 0 spiro atoms. The Morgan fingerprint density at radius 2 is 2.13 bits per heavy atom. The van der Waals surface area contributed by atoms with Gasteiger partial charge in [-0.25, -0.2) is 8.42 Å². The van der Waals surface area contributed by atoms with Crippen molar-refractivity contribution in [2.75, 3.05) is 17.2 Å². The average Bonchev–Trinajstić information content (AvgIpc) is 3.30. The molecule has 3 aromatic rings. The average molecular weight is 503 g/mol. The van der Waals surface area contributed by atoms with E-state index in [2.05, 4.69) is 0 Å². The van der Waals surface area contributed by atoms with Gasteiger partial charge in [0.25, 0.3) is 5.01 Å². The van der Waals surface area contributed by atoms with E-state index < -0.39 is 21.8 Å². The monoisotopic (exact) mass is 502 g/mol. The predicted molar refractivity (Wildman–Crippen MR) is 119 cm³/mol. The van der Waals surface area contributed by atoms with Gasteiger partial charge >= 0.3 is 5.97 Å². The topological polar surface area (TPSA) is 102 Å². The van der Waals surface area contributed by atoms with Gasteiger partial charge in [0.05, 0.1) is 26.9 Å². The van der Waals surface area contributed by atoms with Crippen molar-refractivity contribution >= 4 is 83.4 Å². The first-order valence-electron chi connectivity index (χ1n) is 8.73. The molecule has 0 saturated carbocycles. The van der Waals surface area contributed by atoms with Gasteiger partial charge in [0.2, 0.25) is 5.52 Å². The van der Waals surface area contributed by atoms with E-state index in [0.717, 1.165) is 30.1 Å². The fourth-order valence-electron chi connectivity index (χ4n) is 3.16. The number of hydrogen-bond acceptors (Lipinski definition) is 8. The minimum absolute atomic E-state index is 0.205. The molecule has 0 aliphatic carbocycles. The molecule has 30 heavy (non-hydrogen) atoms. The zero-order chi connectivity index (χ0) is 21.5. The number of fused-ring (bicyclic) bond motifs is 2. The molecule has 0 atom stereocenters. The molecule has 12 heteroatoms. The molecule has 0 saturated heterocycles. The van der Waals surface area contributed by atoms with Crippen molar-refractivity contribution in [2.45, 2.75) is 17.9 Å². The SMILES string of the molecule is O=C(O)CN1C(=Cc2sc3sccc3[n+]2CCCS(=O)(=O)[O-])Sc2ccc(Cl)cc21. The molecule has 1 aliphatic heterocycles. The Morgan fingerprint density at radius 3 is 2.87 bits per heavy atom. The molecule has 0 radical (unpaired) electrons. The molecule has 7 nitrogen and oxygen atoms in total. The minimum Gasteiger partial charge on any atom is -0.748 e. The number of thiophene rings is 1. The third-order valence-electron chi connectivity index (χ3n) is 4.37. The highest BCUT2D eigenvalue weighted by Gasteiger charge is 2.29. The van der Waals surface area contributed by atoms with Gasteiger partial charge in [0, 0.05) is 28.2 Å². The molecule has 3 heterocycles. The lowest BCUT2D eigenvalue weighted by atomic mass is 10.3. The number of thioether (sulfide) groups is 1. The Bertz CT molecular complexity index is 1260. The normalized spacial score (nSPS) is 15.3. The van der Waals surface area contributed by atoms with E-state index >= 15 is 0 Å². The molecule has 2 aromatic heterocycles. The van der Waals surface area contributed by atoms with Gasteiger partial charge in [-0.3, -0.25) is 4.79 Å². The van der Waals surface area contributed by atoms with E-state index in [1.54, 1.807) is 39.7 Å². The maximum Gasteiger partial charge on any atom is 0.323 e. The molecule has 4 rings (SSSR count). The molecular weight excluding hydrogens is 488 g/mol. The Labute approximate surface area is 190 Å². The number of carboxylic acids is 1. The van der Waals surface area contributed by atoms with Crippen LogP contribution in [-0.2, 0) is 21.5 Å². The van der Waals surface area contributed by atoms with E-state index in [9.17, 15) is 22.9 Å². The first-order chi connectivity index (χ1) is 14.2. The van der Waals surface area contributed by atoms with Crippen LogP contribution in [0.1, 0.15) is 11.4 Å². The van der Waals surface area contributed by atoms with Crippen molar-refractivity contribution in [3.63, 3.8) is 0 Å². The molecule has 1 aromatic carbocycles. The van der Waals surface area contributed by atoms with Crippen molar-refractivity contribution in [1.82, 2.24) is 0 Å². The summed E-state index contributed by atoms with van der Waals surface area (Å²) < 4.78 is 36.0. The molecule has 0 amide bonds. The van der Waals surface area contributed by atoms with Crippen LogP contribution in [0.4, 0.5) is 5.69 Å². The second-order valence-electron chi connectivity index (χ2n) is 6.48. The van der Waals surface area contributed by atoms with Gasteiger partial charge in [0.15, 0.2) is 10.6 Å². The molecule has 1 N–H and O–H groups in total. The Kier molecular flexibility index (Phi) is 6.11. The highest BCUT2D eigenvalue weighted by atomic mass is 35.5. The highest BCUT2D eigenvalue weighted by Crippen LogP contribution is 2.47. The van der Waals surface area contributed by atoms with Crippen molar-refractivity contribution in [2.24, 2.45) is 0 Å². The van der Waals surface area contributed by atoms with Gasteiger partial charge in [0.1, 0.15) is 6.54 Å².